The van der Waals surface area contributed by atoms with Crippen LogP contribution in [0.5, 0.6) is 0 Å². The third-order valence-corrected chi connectivity index (χ3v) is 1.93. The molecule has 0 aliphatic rings. The highest BCUT2D eigenvalue weighted by atomic mass is 35.5. The number of hydrogen-bond donors (Lipinski definition) is 0. The third-order valence-electron chi connectivity index (χ3n) is 1.62. The van der Waals surface area contributed by atoms with Crippen LogP contribution in [0.15, 0.2) is 12.3 Å². The minimum atomic E-state index is 0.384. The first-order chi connectivity index (χ1) is 5.65. The zero-order chi connectivity index (χ0) is 9.14. The molecule has 0 aliphatic carbocycles. The topological polar surface area (TPSA) is 12.9 Å². The van der Waals surface area contributed by atoms with Gasteiger partial charge in [-0.3, -0.25) is 4.98 Å². The first-order valence-electron chi connectivity index (χ1n) is 3.77. The van der Waals surface area contributed by atoms with E-state index in [1.165, 1.54) is 0 Å². The molecule has 0 amide bonds. The van der Waals surface area contributed by atoms with Crippen LogP contribution in [-0.4, -0.2) is 4.98 Å². The van der Waals surface area contributed by atoms with Crippen molar-refractivity contribution >= 4 is 11.6 Å². The summed E-state index contributed by atoms with van der Waals surface area (Å²) < 4.78 is 0. The lowest BCUT2D eigenvalue weighted by Gasteiger charge is -2.04. The fourth-order valence-corrected chi connectivity index (χ4v) is 1.08. The maximum Gasteiger partial charge on any atom is 0.0612 e. The Labute approximate surface area is 77.8 Å². The minimum Gasteiger partial charge on any atom is -0.260 e. The van der Waals surface area contributed by atoms with E-state index in [4.69, 9.17) is 18.0 Å². The fourth-order valence-electron chi connectivity index (χ4n) is 0.868. The molecule has 0 spiro atoms. The van der Waals surface area contributed by atoms with Gasteiger partial charge >= 0.3 is 0 Å². The molecule has 1 aromatic rings. The molecule has 1 heterocycles. The Morgan fingerprint density at radius 2 is 2.25 bits per heavy atom. The number of nitrogens with zero attached hydrogens (tertiary/aromatic N) is 1. The van der Waals surface area contributed by atoms with Crippen LogP contribution in [0.2, 0.25) is 5.02 Å². The molecule has 1 nitrogen and oxygen atoms in total. The number of rotatable bonds is 1. The second-order valence-electron chi connectivity index (χ2n) is 2.89. The number of aromatic nitrogens is 1. The fraction of sp³-hybridized carbons (Fsp3) is 0.300. The van der Waals surface area contributed by atoms with Gasteiger partial charge in [-0.25, -0.2) is 0 Å². The van der Waals surface area contributed by atoms with Gasteiger partial charge in [0.15, 0.2) is 0 Å². The lowest BCUT2D eigenvalue weighted by atomic mass is 10.1. The molecule has 1 aromatic heterocycles. The molecule has 0 unspecified atom stereocenters. The van der Waals surface area contributed by atoms with Crippen LogP contribution in [0.3, 0.4) is 0 Å². The van der Waals surface area contributed by atoms with Crippen LogP contribution in [-0.2, 0) is 0 Å². The maximum absolute atomic E-state index is 5.89. The van der Waals surface area contributed by atoms with Gasteiger partial charge in [-0.05, 0) is 12.0 Å². The van der Waals surface area contributed by atoms with Crippen molar-refractivity contribution < 1.29 is 0 Å². The Balaban J connectivity index is 3.12. The number of hydrogen-bond acceptors (Lipinski definition) is 1. The lowest BCUT2D eigenvalue weighted by molar-refractivity contribution is 0.822. The molecular weight excluding hydrogens is 170 g/mol. The van der Waals surface area contributed by atoms with Crippen molar-refractivity contribution in [3.05, 3.63) is 28.5 Å². The van der Waals surface area contributed by atoms with Crippen LogP contribution < -0.4 is 0 Å². The summed E-state index contributed by atoms with van der Waals surface area (Å²) in [4.78, 5) is 4.18. The van der Waals surface area contributed by atoms with Gasteiger partial charge in [0, 0.05) is 11.9 Å². The monoisotopic (exact) mass is 179 g/mol. The summed E-state index contributed by atoms with van der Waals surface area (Å²) in [6.07, 6.45) is 6.84. The van der Waals surface area contributed by atoms with Gasteiger partial charge in [-0.15, -0.1) is 6.42 Å². The van der Waals surface area contributed by atoms with Crippen LogP contribution in [0, 0.1) is 12.3 Å². The molecule has 0 saturated carbocycles. The number of halogens is 1. The predicted octanol–water partition coefficient (Wildman–Crippen LogP) is 2.84. The number of pyridine rings is 1. The van der Waals surface area contributed by atoms with E-state index in [0.717, 1.165) is 5.69 Å². The first-order valence-corrected chi connectivity index (χ1v) is 4.15. The van der Waals surface area contributed by atoms with Crippen LogP contribution in [0.1, 0.15) is 31.0 Å². The van der Waals surface area contributed by atoms with Crippen molar-refractivity contribution in [3.8, 4) is 12.3 Å². The maximum atomic E-state index is 5.89. The van der Waals surface area contributed by atoms with Gasteiger partial charge in [0.05, 0.1) is 10.6 Å². The molecule has 0 N–H and O–H groups in total. The Morgan fingerprint density at radius 1 is 1.58 bits per heavy atom. The summed E-state index contributed by atoms with van der Waals surface area (Å²) in [5.41, 5.74) is 1.63. The molecule has 2 heteroatoms. The van der Waals surface area contributed by atoms with E-state index in [0.29, 0.717) is 16.5 Å². The van der Waals surface area contributed by atoms with E-state index in [2.05, 4.69) is 24.8 Å². The molecule has 0 aliphatic heterocycles. The van der Waals surface area contributed by atoms with Gasteiger partial charge in [-0.2, -0.15) is 0 Å². The standard InChI is InChI=1S/C10H10ClN/c1-4-8-6-12-10(7(2)3)5-9(8)11/h1,5-7H,2-3H3. The van der Waals surface area contributed by atoms with Crippen molar-refractivity contribution in [3.63, 3.8) is 0 Å². The zero-order valence-electron chi connectivity index (χ0n) is 7.13. The molecule has 0 fully saturated rings. The summed E-state index contributed by atoms with van der Waals surface area (Å²) >= 11 is 5.89. The van der Waals surface area contributed by atoms with E-state index in [-0.39, 0.29) is 0 Å². The highest BCUT2D eigenvalue weighted by Crippen LogP contribution is 2.19. The summed E-state index contributed by atoms with van der Waals surface area (Å²) in [6.45, 7) is 4.13. The quantitative estimate of drug-likeness (QED) is 0.605. The van der Waals surface area contributed by atoms with Crippen molar-refractivity contribution in [1.29, 1.82) is 0 Å². The van der Waals surface area contributed by atoms with Crippen molar-refractivity contribution in [2.75, 3.05) is 0 Å². The van der Waals surface area contributed by atoms with Crippen LogP contribution >= 0.6 is 11.6 Å². The molecule has 12 heavy (non-hydrogen) atoms. The summed E-state index contributed by atoms with van der Waals surface area (Å²) in [7, 11) is 0. The van der Waals surface area contributed by atoms with Gasteiger partial charge in [0.1, 0.15) is 0 Å². The lowest BCUT2D eigenvalue weighted by Crippen LogP contribution is -1.93. The number of terminal acetylenes is 1. The van der Waals surface area contributed by atoms with Crippen molar-refractivity contribution in [2.24, 2.45) is 0 Å². The first kappa shape index (κ1) is 9.09. The smallest absolute Gasteiger partial charge is 0.0612 e. The van der Waals surface area contributed by atoms with Crippen molar-refractivity contribution in [2.45, 2.75) is 19.8 Å². The van der Waals surface area contributed by atoms with Gasteiger partial charge in [0.2, 0.25) is 0 Å². The Kier molecular flexibility index (Phi) is 2.73. The molecule has 1 rings (SSSR count). The van der Waals surface area contributed by atoms with Gasteiger partial charge < -0.3 is 0 Å². The average Bonchev–Trinajstić information content (AvgIpc) is 2.04. The normalized spacial score (nSPS) is 9.92. The van der Waals surface area contributed by atoms with Gasteiger partial charge in [-0.1, -0.05) is 31.4 Å². The van der Waals surface area contributed by atoms with Gasteiger partial charge in [0.25, 0.3) is 0 Å². The summed E-state index contributed by atoms with van der Waals surface area (Å²) in [5, 5.41) is 0.608. The zero-order valence-corrected chi connectivity index (χ0v) is 7.89. The van der Waals surface area contributed by atoms with Crippen LogP contribution in [0.4, 0.5) is 0 Å². The SMILES string of the molecule is C#Cc1cnc(C(C)C)cc1Cl. The minimum absolute atomic E-state index is 0.384. The summed E-state index contributed by atoms with van der Waals surface area (Å²) in [6, 6.07) is 1.82. The highest BCUT2D eigenvalue weighted by Gasteiger charge is 2.03. The second-order valence-corrected chi connectivity index (χ2v) is 3.30. The third kappa shape index (κ3) is 1.78. The van der Waals surface area contributed by atoms with E-state index in [1.54, 1.807) is 6.20 Å². The Hall–Kier alpha value is -1.00. The van der Waals surface area contributed by atoms with Crippen LogP contribution in [0.25, 0.3) is 0 Å². The molecule has 0 atom stereocenters. The molecular formula is C10H10ClN. The van der Waals surface area contributed by atoms with E-state index in [9.17, 15) is 0 Å². The van der Waals surface area contributed by atoms with E-state index in [1.807, 2.05) is 6.07 Å². The second kappa shape index (κ2) is 3.60. The van der Waals surface area contributed by atoms with E-state index < -0.39 is 0 Å². The highest BCUT2D eigenvalue weighted by molar-refractivity contribution is 6.31. The molecule has 0 saturated heterocycles. The Morgan fingerprint density at radius 3 is 2.67 bits per heavy atom. The molecule has 0 aromatic carbocycles. The molecule has 0 radical (unpaired) electrons. The molecule has 62 valence electrons. The predicted molar refractivity (Wildman–Crippen MR) is 51.3 cm³/mol. The largest absolute Gasteiger partial charge is 0.260 e. The van der Waals surface area contributed by atoms with Crippen molar-refractivity contribution in [1.82, 2.24) is 4.98 Å². The molecule has 0 bridgehead atoms. The Bertz CT molecular complexity index is 323. The average molecular weight is 180 g/mol. The summed E-state index contributed by atoms with van der Waals surface area (Å²) in [5.74, 6) is 2.85. The van der Waals surface area contributed by atoms with E-state index >= 15 is 0 Å².